The number of amides is 3. The number of rotatable bonds is 2. The van der Waals surface area contributed by atoms with Crippen LogP contribution in [0, 0.1) is 26.7 Å². The van der Waals surface area contributed by atoms with Gasteiger partial charge in [-0.2, -0.15) is 5.10 Å². The van der Waals surface area contributed by atoms with E-state index in [0.717, 1.165) is 17.0 Å². The van der Waals surface area contributed by atoms with Gasteiger partial charge in [-0.1, -0.05) is 13.8 Å². The number of nitrogens with zero attached hydrogens (tertiary/aromatic N) is 5. The first-order chi connectivity index (χ1) is 11.2. The van der Waals surface area contributed by atoms with Crippen LogP contribution in [-0.2, 0) is 4.79 Å². The van der Waals surface area contributed by atoms with Gasteiger partial charge in [0.05, 0.1) is 5.69 Å². The zero-order chi connectivity index (χ0) is 17.8. The lowest BCUT2D eigenvalue weighted by Crippen LogP contribution is -2.64. The maximum absolute atomic E-state index is 12.5. The molecule has 8 heteroatoms. The molecule has 0 spiro atoms. The molecule has 130 valence electrons. The number of nitrogens with one attached hydrogen (secondary N) is 1. The van der Waals surface area contributed by atoms with Gasteiger partial charge in [0.2, 0.25) is 5.96 Å². The average molecular weight is 332 g/mol. The number of carbonyl (C=O) groups excluding carboxylic acids is 2. The minimum absolute atomic E-state index is 0.305. The summed E-state index contributed by atoms with van der Waals surface area (Å²) in [5.41, 5.74) is 3.03. The molecule has 24 heavy (non-hydrogen) atoms. The first-order valence-corrected chi connectivity index (χ1v) is 8.17. The number of aryl methyl sites for hydroxylation is 1. The van der Waals surface area contributed by atoms with Gasteiger partial charge < -0.3 is 9.80 Å². The summed E-state index contributed by atoms with van der Waals surface area (Å²) in [4.78, 5) is 32.5. The van der Waals surface area contributed by atoms with Gasteiger partial charge in [-0.25, -0.2) is 14.5 Å². The van der Waals surface area contributed by atoms with E-state index in [-0.39, 0.29) is 5.91 Å². The molecule has 3 rings (SSSR count). The van der Waals surface area contributed by atoms with Crippen molar-refractivity contribution in [2.75, 3.05) is 13.6 Å². The SMILES string of the molecule is Cc1nn(C2=NC3C(C(=O)NC(=O)N3C)N2CC(C)C)c(C)c1C. The van der Waals surface area contributed by atoms with Crippen LogP contribution in [0.5, 0.6) is 0 Å². The van der Waals surface area contributed by atoms with Gasteiger partial charge in [-0.3, -0.25) is 10.1 Å². The van der Waals surface area contributed by atoms with Crippen molar-refractivity contribution >= 4 is 17.9 Å². The number of hydrogen-bond acceptors (Lipinski definition) is 5. The van der Waals surface area contributed by atoms with Crippen molar-refractivity contribution in [1.82, 2.24) is 24.9 Å². The highest BCUT2D eigenvalue weighted by Gasteiger charge is 2.49. The van der Waals surface area contributed by atoms with Crippen LogP contribution >= 0.6 is 0 Å². The minimum atomic E-state index is -0.524. The molecule has 0 saturated carbocycles. The lowest BCUT2D eigenvalue weighted by atomic mass is 10.1. The molecule has 8 nitrogen and oxygen atoms in total. The van der Waals surface area contributed by atoms with Gasteiger partial charge in [0.1, 0.15) is 0 Å². The van der Waals surface area contributed by atoms with Crippen molar-refractivity contribution in [2.45, 2.75) is 46.8 Å². The Labute approximate surface area is 141 Å². The predicted molar refractivity (Wildman–Crippen MR) is 89.7 cm³/mol. The second-order valence-corrected chi connectivity index (χ2v) is 6.95. The Balaban J connectivity index is 2.09. The smallest absolute Gasteiger partial charge is 0.325 e. The highest BCUT2D eigenvalue weighted by atomic mass is 16.2. The van der Waals surface area contributed by atoms with Crippen LogP contribution in [-0.4, -0.2) is 63.3 Å². The third-order valence-corrected chi connectivity index (χ3v) is 4.74. The van der Waals surface area contributed by atoms with Crippen molar-refractivity contribution in [3.63, 3.8) is 0 Å². The van der Waals surface area contributed by atoms with Crippen LogP contribution in [0.25, 0.3) is 0 Å². The summed E-state index contributed by atoms with van der Waals surface area (Å²) < 4.78 is 1.79. The van der Waals surface area contributed by atoms with Gasteiger partial charge in [0.25, 0.3) is 5.91 Å². The zero-order valence-electron chi connectivity index (χ0n) is 15.0. The molecule has 2 aliphatic heterocycles. The van der Waals surface area contributed by atoms with Crippen molar-refractivity contribution in [3.05, 3.63) is 17.0 Å². The fourth-order valence-corrected chi connectivity index (χ4v) is 3.19. The Morgan fingerprint density at radius 1 is 1.21 bits per heavy atom. The predicted octanol–water partition coefficient (Wildman–Crippen LogP) is 0.860. The molecule has 3 amide bonds. The number of imide groups is 1. The number of carbonyl (C=O) groups is 2. The van der Waals surface area contributed by atoms with E-state index in [2.05, 4.69) is 24.3 Å². The Morgan fingerprint density at radius 3 is 2.42 bits per heavy atom. The van der Waals surface area contributed by atoms with E-state index in [1.165, 1.54) is 4.90 Å². The van der Waals surface area contributed by atoms with Crippen LogP contribution in [0.4, 0.5) is 4.79 Å². The molecule has 1 aromatic heterocycles. The molecule has 2 unspecified atom stereocenters. The van der Waals surface area contributed by atoms with E-state index in [9.17, 15) is 9.59 Å². The van der Waals surface area contributed by atoms with Crippen molar-refractivity contribution in [1.29, 1.82) is 0 Å². The second-order valence-electron chi connectivity index (χ2n) is 6.95. The van der Waals surface area contributed by atoms with Gasteiger partial charge >= 0.3 is 6.03 Å². The average Bonchev–Trinajstić information content (AvgIpc) is 2.98. The zero-order valence-corrected chi connectivity index (χ0v) is 15.0. The Morgan fingerprint density at radius 2 is 1.88 bits per heavy atom. The largest absolute Gasteiger partial charge is 0.325 e. The number of aromatic nitrogens is 2. The highest BCUT2D eigenvalue weighted by molar-refractivity contribution is 6.04. The lowest BCUT2D eigenvalue weighted by molar-refractivity contribution is -0.127. The van der Waals surface area contributed by atoms with E-state index in [1.54, 1.807) is 11.7 Å². The summed E-state index contributed by atoms with van der Waals surface area (Å²) >= 11 is 0. The maximum atomic E-state index is 12.5. The summed E-state index contributed by atoms with van der Waals surface area (Å²) in [7, 11) is 1.66. The van der Waals surface area contributed by atoms with Crippen LogP contribution < -0.4 is 5.32 Å². The van der Waals surface area contributed by atoms with Gasteiger partial charge in [0, 0.05) is 19.3 Å². The molecular formula is C16H24N6O2. The fourth-order valence-electron chi connectivity index (χ4n) is 3.19. The van der Waals surface area contributed by atoms with E-state index in [1.807, 2.05) is 25.7 Å². The molecule has 0 aromatic carbocycles. The number of aliphatic imine (C=N–C) groups is 1. The summed E-state index contributed by atoms with van der Waals surface area (Å²) in [5.74, 6) is 0.660. The molecule has 1 saturated heterocycles. The highest BCUT2D eigenvalue weighted by Crippen LogP contribution is 2.26. The Bertz CT molecular complexity index is 735. The Hall–Kier alpha value is -2.38. The molecule has 2 aliphatic rings. The number of fused-ring (bicyclic) bond motifs is 1. The standard InChI is InChI=1S/C16H24N6O2/c1-8(2)7-21-12-13(20(6)16(24)18-14(12)23)17-15(21)22-11(5)9(3)10(4)19-22/h8,12-13H,7H2,1-6H3,(H,18,23,24). The van der Waals surface area contributed by atoms with Crippen LogP contribution in [0.1, 0.15) is 30.8 Å². The molecular weight excluding hydrogens is 308 g/mol. The minimum Gasteiger partial charge on any atom is -0.325 e. The van der Waals surface area contributed by atoms with Gasteiger partial charge in [-0.05, 0) is 32.3 Å². The lowest BCUT2D eigenvalue weighted by Gasteiger charge is -2.36. The van der Waals surface area contributed by atoms with Crippen molar-refractivity contribution < 1.29 is 9.59 Å². The third-order valence-electron chi connectivity index (χ3n) is 4.74. The molecule has 1 aromatic rings. The van der Waals surface area contributed by atoms with Crippen LogP contribution in [0.3, 0.4) is 0 Å². The maximum Gasteiger partial charge on any atom is 0.325 e. The summed E-state index contributed by atoms with van der Waals surface area (Å²) in [5, 5.41) is 7.00. The number of likely N-dealkylation sites (N-methyl/N-ethyl adjacent to an activating group) is 1. The summed E-state index contributed by atoms with van der Waals surface area (Å²) in [6.07, 6.45) is -0.524. The van der Waals surface area contributed by atoms with E-state index in [4.69, 9.17) is 4.99 Å². The monoisotopic (exact) mass is 332 g/mol. The second kappa shape index (κ2) is 5.61. The summed E-state index contributed by atoms with van der Waals surface area (Å²) in [6, 6.07) is -0.936. The van der Waals surface area contributed by atoms with E-state index in [0.29, 0.717) is 18.4 Å². The first kappa shape index (κ1) is 16.5. The molecule has 0 bridgehead atoms. The van der Waals surface area contributed by atoms with Crippen LogP contribution in [0.2, 0.25) is 0 Å². The molecule has 3 heterocycles. The van der Waals surface area contributed by atoms with Crippen LogP contribution in [0.15, 0.2) is 4.99 Å². The topological polar surface area (TPSA) is 82.8 Å². The molecule has 0 aliphatic carbocycles. The quantitative estimate of drug-likeness (QED) is 0.871. The third kappa shape index (κ3) is 2.37. The van der Waals surface area contributed by atoms with Gasteiger partial charge in [0.15, 0.2) is 12.2 Å². The first-order valence-electron chi connectivity index (χ1n) is 8.17. The number of urea groups is 1. The van der Waals surface area contributed by atoms with E-state index < -0.39 is 18.2 Å². The number of hydrogen-bond donors (Lipinski definition) is 1. The van der Waals surface area contributed by atoms with E-state index >= 15 is 0 Å². The molecule has 1 N–H and O–H groups in total. The molecule has 0 radical (unpaired) electrons. The molecule has 1 fully saturated rings. The molecule has 2 atom stereocenters. The van der Waals surface area contributed by atoms with Crippen molar-refractivity contribution in [2.24, 2.45) is 10.9 Å². The summed E-state index contributed by atoms with van der Waals surface area (Å²) in [6.45, 7) is 10.8. The van der Waals surface area contributed by atoms with Gasteiger partial charge in [-0.15, -0.1) is 0 Å². The Kier molecular flexibility index (Phi) is 3.85. The normalized spacial score (nSPS) is 23.7. The van der Waals surface area contributed by atoms with Crippen molar-refractivity contribution in [3.8, 4) is 0 Å². The fraction of sp³-hybridized carbons (Fsp3) is 0.625.